The van der Waals surface area contributed by atoms with Gasteiger partial charge in [-0.05, 0) is 43.4 Å². The molecule has 1 N–H and O–H groups in total. The first-order valence-corrected chi connectivity index (χ1v) is 10.0. The molecule has 7 heteroatoms. The first-order chi connectivity index (χ1) is 13.1. The average molecular weight is 503 g/mol. The van der Waals surface area contributed by atoms with Gasteiger partial charge in [0.25, 0.3) is 0 Å². The smallest absolute Gasteiger partial charge is 0.193 e. The minimum absolute atomic E-state index is 0. The highest BCUT2D eigenvalue weighted by atomic mass is 127. The Morgan fingerprint density at radius 3 is 2.46 bits per heavy atom. The highest BCUT2D eigenvalue weighted by Gasteiger charge is 2.42. The lowest BCUT2D eigenvalue weighted by Gasteiger charge is -2.39. The highest BCUT2D eigenvalue weighted by Crippen LogP contribution is 2.38. The third kappa shape index (κ3) is 4.46. The van der Waals surface area contributed by atoms with Crippen molar-refractivity contribution in [3.63, 3.8) is 0 Å². The summed E-state index contributed by atoms with van der Waals surface area (Å²) in [5, 5.41) is 3.63. The van der Waals surface area contributed by atoms with Gasteiger partial charge >= 0.3 is 0 Å². The average Bonchev–Trinajstić information content (AvgIpc) is 3.34. The summed E-state index contributed by atoms with van der Waals surface area (Å²) in [5.74, 6) is 0.776. The maximum Gasteiger partial charge on any atom is 0.193 e. The molecule has 156 valence electrons. The minimum Gasteiger partial charge on any atom is -0.381 e. The summed E-state index contributed by atoms with van der Waals surface area (Å²) in [4.78, 5) is 6.91. The van der Waals surface area contributed by atoms with Gasteiger partial charge in [0.1, 0.15) is 5.82 Å². The second kappa shape index (κ2) is 9.26. The Labute approximate surface area is 184 Å². The minimum atomic E-state index is -0.189. The van der Waals surface area contributed by atoms with Gasteiger partial charge in [0.15, 0.2) is 5.96 Å². The van der Waals surface area contributed by atoms with Gasteiger partial charge in [-0.25, -0.2) is 4.39 Å². The predicted molar refractivity (Wildman–Crippen MR) is 119 cm³/mol. The monoisotopic (exact) mass is 503 g/mol. The Morgan fingerprint density at radius 2 is 1.82 bits per heavy atom. The molecule has 0 radical (unpaired) electrons. The Hall–Kier alpha value is -0.930. The van der Waals surface area contributed by atoms with E-state index in [9.17, 15) is 4.39 Å². The molecule has 1 aromatic rings. The second-order valence-corrected chi connectivity index (χ2v) is 8.27. The molecule has 0 bridgehead atoms. The van der Waals surface area contributed by atoms with Crippen LogP contribution in [-0.2, 0) is 14.9 Å². The number of hydrogen-bond acceptors (Lipinski definition) is 3. The van der Waals surface area contributed by atoms with E-state index in [2.05, 4.69) is 15.2 Å². The molecule has 3 saturated heterocycles. The van der Waals surface area contributed by atoms with Crippen LogP contribution in [0.15, 0.2) is 29.3 Å². The molecule has 1 atom stereocenters. The van der Waals surface area contributed by atoms with E-state index in [1.54, 1.807) is 12.1 Å². The number of aliphatic imine (C=N–C) groups is 1. The van der Waals surface area contributed by atoms with E-state index in [4.69, 9.17) is 9.47 Å². The van der Waals surface area contributed by atoms with Crippen LogP contribution >= 0.6 is 24.0 Å². The Kier molecular flexibility index (Phi) is 7.20. The van der Waals surface area contributed by atoms with Crippen molar-refractivity contribution in [2.24, 2.45) is 10.4 Å². The molecular formula is C21H31FIN3O2. The van der Waals surface area contributed by atoms with Gasteiger partial charge in [-0.3, -0.25) is 4.99 Å². The van der Waals surface area contributed by atoms with Gasteiger partial charge < -0.3 is 19.7 Å². The van der Waals surface area contributed by atoms with E-state index in [-0.39, 0.29) is 35.2 Å². The number of halogens is 2. The molecule has 3 aliphatic rings. The second-order valence-electron chi connectivity index (χ2n) is 8.27. The summed E-state index contributed by atoms with van der Waals surface area (Å²) in [5.41, 5.74) is 1.44. The maximum absolute atomic E-state index is 13.4. The van der Waals surface area contributed by atoms with Crippen LogP contribution in [0.2, 0.25) is 0 Å². The summed E-state index contributed by atoms with van der Waals surface area (Å²) in [6, 6.07) is 6.97. The third-order valence-electron chi connectivity index (χ3n) is 6.63. The number of rotatable bonds is 3. The van der Waals surface area contributed by atoms with E-state index in [0.29, 0.717) is 5.41 Å². The molecule has 4 rings (SSSR count). The molecule has 5 nitrogen and oxygen atoms in total. The van der Waals surface area contributed by atoms with Crippen molar-refractivity contribution in [1.29, 1.82) is 0 Å². The van der Waals surface area contributed by atoms with Crippen LogP contribution < -0.4 is 5.32 Å². The van der Waals surface area contributed by atoms with Crippen LogP contribution in [-0.4, -0.2) is 64.0 Å². The first-order valence-electron chi connectivity index (χ1n) is 10.0. The molecule has 1 spiro atoms. The number of nitrogens with one attached hydrogen (secondary N) is 1. The molecule has 3 aliphatic heterocycles. The lowest BCUT2D eigenvalue weighted by atomic mass is 9.74. The van der Waals surface area contributed by atoms with Crippen LogP contribution in [0.5, 0.6) is 0 Å². The molecule has 3 fully saturated rings. The Bertz CT molecular complexity index is 671. The van der Waals surface area contributed by atoms with E-state index in [1.807, 2.05) is 19.2 Å². The summed E-state index contributed by atoms with van der Waals surface area (Å²) >= 11 is 0. The predicted octanol–water partition coefficient (Wildman–Crippen LogP) is 3.18. The van der Waals surface area contributed by atoms with Gasteiger partial charge in [-0.1, -0.05) is 12.1 Å². The first kappa shape index (κ1) is 21.8. The van der Waals surface area contributed by atoms with E-state index >= 15 is 0 Å². The molecule has 0 amide bonds. The zero-order valence-corrected chi connectivity index (χ0v) is 18.9. The lowest BCUT2D eigenvalue weighted by Crippen LogP contribution is -2.49. The van der Waals surface area contributed by atoms with Crippen molar-refractivity contribution >= 4 is 29.9 Å². The van der Waals surface area contributed by atoms with Crippen molar-refractivity contribution < 1.29 is 13.9 Å². The third-order valence-corrected chi connectivity index (χ3v) is 6.63. The van der Waals surface area contributed by atoms with Crippen molar-refractivity contribution in [1.82, 2.24) is 10.2 Å². The summed E-state index contributed by atoms with van der Waals surface area (Å²) in [7, 11) is 1.85. The molecule has 0 saturated carbocycles. The zero-order valence-electron chi connectivity index (χ0n) is 16.6. The van der Waals surface area contributed by atoms with E-state index < -0.39 is 0 Å². The van der Waals surface area contributed by atoms with Gasteiger partial charge in [0.05, 0.1) is 6.61 Å². The standard InChI is InChI=1S/C21H30FN3O2.HI/c1-23-19(25-10-6-20(15-25)7-11-27-16-20)24-14-21(8-12-26-13-9-21)17-2-4-18(22)5-3-17;/h2-5H,6-16H2,1H3,(H,23,24);1H. The Balaban J connectivity index is 0.00000225. The van der Waals surface area contributed by atoms with E-state index in [0.717, 1.165) is 71.3 Å². The fourth-order valence-corrected chi connectivity index (χ4v) is 4.80. The fourth-order valence-electron chi connectivity index (χ4n) is 4.80. The number of guanidine groups is 1. The molecular weight excluding hydrogens is 472 g/mol. The molecule has 3 heterocycles. The van der Waals surface area contributed by atoms with Crippen molar-refractivity contribution in [3.05, 3.63) is 35.6 Å². The Morgan fingerprint density at radius 1 is 1.11 bits per heavy atom. The number of likely N-dealkylation sites (tertiary alicyclic amines) is 1. The lowest BCUT2D eigenvalue weighted by molar-refractivity contribution is 0.0511. The topological polar surface area (TPSA) is 46.1 Å². The zero-order chi connectivity index (χ0) is 18.7. The quantitative estimate of drug-likeness (QED) is 0.391. The summed E-state index contributed by atoms with van der Waals surface area (Å²) in [6.07, 6.45) is 4.18. The molecule has 1 aromatic carbocycles. The molecule has 28 heavy (non-hydrogen) atoms. The van der Waals surface area contributed by atoms with Crippen LogP contribution in [0.3, 0.4) is 0 Å². The largest absolute Gasteiger partial charge is 0.381 e. The van der Waals surface area contributed by atoms with Crippen molar-refractivity contribution in [2.45, 2.75) is 31.1 Å². The SMILES string of the molecule is CN=C(NCC1(c2ccc(F)cc2)CCOCC1)N1CCC2(CCOC2)C1.I. The van der Waals surface area contributed by atoms with Crippen LogP contribution in [0.4, 0.5) is 4.39 Å². The summed E-state index contributed by atoms with van der Waals surface area (Å²) < 4.78 is 24.7. The van der Waals surface area contributed by atoms with Gasteiger partial charge in [0, 0.05) is 57.3 Å². The van der Waals surface area contributed by atoms with E-state index in [1.165, 1.54) is 12.0 Å². The van der Waals surface area contributed by atoms with Crippen molar-refractivity contribution in [3.8, 4) is 0 Å². The van der Waals surface area contributed by atoms with Crippen LogP contribution in [0.25, 0.3) is 0 Å². The van der Waals surface area contributed by atoms with Gasteiger partial charge in [-0.15, -0.1) is 24.0 Å². The van der Waals surface area contributed by atoms with Crippen LogP contribution in [0, 0.1) is 11.2 Å². The fraction of sp³-hybridized carbons (Fsp3) is 0.667. The number of ether oxygens (including phenoxy) is 2. The molecule has 1 unspecified atom stereocenters. The van der Waals surface area contributed by atoms with Crippen LogP contribution in [0.1, 0.15) is 31.2 Å². The number of benzene rings is 1. The van der Waals surface area contributed by atoms with Crippen molar-refractivity contribution in [2.75, 3.05) is 53.1 Å². The normalized spacial score (nSPS) is 27.1. The highest BCUT2D eigenvalue weighted by molar-refractivity contribution is 14.0. The number of nitrogens with zero attached hydrogens (tertiary/aromatic N) is 2. The molecule has 0 aromatic heterocycles. The molecule has 0 aliphatic carbocycles. The van der Waals surface area contributed by atoms with Gasteiger partial charge in [-0.2, -0.15) is 0 Å². The summed E-state index contributed by atoms with van der Waals surface area (Å²) in [6.45, 7) is 6.05. The number of hydrogen-bond donors (Lipinski definition) is 1. The maximum atomic E-state index is 13.4. The van der Waals surface area contributed by atoms with Gasteiger partial charge in [0.2, 0.25) is 0 Å².